The quantitative estimate of drug-likeness (QED) is 0.250. The van der Waals surface area contributed by atoms with Crippen LogP contribution in [0.3, 0.4) is 0 Å². The Morgan fingerprint density at radius 3 is 1.74 bits per heavy atom. The average molecular weight is 450 g/mol. The van der Waals surface area contributed by atoms with Gasteiger partial charge in [-0.15, -0.1) is 0 Å². The number of nitrogens with two attached hydrogens (primary N) is 2. The first-order valence-corrected chi connectivity index (χ1v) is 10.5. The predicted molar refractivity (Wildman–Crippen MR) is 115 cm³/mol. The molecule has 1 aliphatic carbocycles. The first-order valence-electron chi connectivity index (χ1n) is 10.5. The predicted octanol–water partition coefficient (Wildman–Crippen LogP) is 1.09. The van der Waals surface area contributed by atoms with E-state index in [9.17, 15) is 19.2 Å². The van der Waals surface area contributed by atoms with Crippen molar-refractivity contribution in [1.82, 2.24) is 5.32 Å². The van der Waals surface area contributed by atoms with Crippen LogP contribution in [-0.2, 0) is 19.2 Å². The van der Waals surface area contributed by atoms with Crippen LogP contribution in [0.2, 0.25) is 0 Å². The summed E-state index contributed by atoms with van der Waals surface area (Å²) in [4.78, 5) is 40.6. The highest BCUT2D eigenvalue weighted by Crippen LogP contribution is 2.17. The fourth-order valence-electron chi connectivity index (χ4n) is 2.59. The fraction of sp³-hybridized carbons (Fsp3) is 0.800. The minimum absolute atomic E-state index is 0.0231. The monoisotopic (exact) mass is 449 g/mol. The lowest BCUT2D eigenvalue weighted by molar-refractivity contribution is -0.141. The number of carboxylic acid groups (broad SMARTS) is 4. The molecule has 9 N–H and O–H groups in total. The summed E-state index contributed by atoms with van der Waals surface area (Å²) < 4.78 is 0. The Labute approximate surface area is 183 Å². The Morgan fingerprint density at radius 2 is 1.42 bits per heavy atom. The van der Waals surface area contributed by atoms with E-state index < -0.39 is 42.0 Å². The molecule has 1 saturated carbocycles. The standard InChI is InChI=1S/C9H17NO2.C6H13NO2.C5H9NO4/c1-7(9(11)12)10-8-5-3-2-4-6-8;1-3-4(2)5(7)6(8)9;6-3(5(9)10)1-2-4(7)8/h7-8,10H,2-6H2,1H3,(H,11,12);4-5H,3,7H2,1-2H3,(H,8,9);3H,1-2,6H2,(H,7,8)(H,9,10)/t7-;4-,5-;3-/m000/s1. The summed E-state index contributed by atoms with van der Waals surface area (Å²) in [6.45, 7) is 5.46. The highest BCUT2D eigenvalue weighted by Gasteiger charge is 2.19. The van der Waals surface area contributed by atoms with Gasteiger partial charge in [0.2, 0.25) is 0 Å². The molecule has 182 valence electrons. The highest BCUT2D eigenvalue weighted by atomic mass is 16.4. The van der Waals surface area contributed by atoms with Crippen molar-refractivity contribution in [2.24, 2.45) is 17.4 Å². The van der Waals surface area contributed by atoms with E-state index in [1.807, 2.05) is 13.8 Å². The van der Waals surface area contributed by atoms with Crippen molar-refractivity contribution in [1.29, 1.82) is 0 Å². The molecule has 0 amide bonds. The average Bonchev–Trinajstić information content (AvgIpc) is 2.72. The van der Waals surface area contributed by atoms with Gasteiger partial charge in [0.25, 0.3) is 0 Å². The minimum Gasteiger partial charge on any atom is -0.481 e. The van der Waals surface area contributed by atoms with Gasteiger partial charge in [-0.25, -0.2) is 0 Å². The first kappa shape index (κ1) is 30.9. The lowest BCUT2D eigenvalue weighted by atomic mass is 9.95. The van der Waals surface area contributed by atoms with Crippen molar-refractivity contribution in [2.75, 3.05) is 0 Å². The van der Waals surface area contributed by atoms with Gasteiger partial charge in [0, 0.05) is 12.5 Å². The molecule has 31 heavy (non-hydrogen) atoms. The molecular formula is C20H39N3O8. The fourth-order valence-corrected chi connectivity index (χ4v) is 2.59. The molecule has 11 heteroatoms. The van der Waals surface area contributed by atoms with E-state index in [4.69, 9.17) is 31.9 Å². The van der Waals surface area contributed by atoms with E-state index >= 15 is 0 Å². The summed E-state index contributed by atoms with van der Waals surface area (Å²) in [7, 11) is 0. The molecule has 0 heterocycles. The summed E-state index contributed by atoms with van der Waals surface area (Å²) >= 11 is 0. The maximum atomic E-state index is 10.5. The van der Waals surface area contributed by atoms with Gasteiger partial charge >= 0.3 is 23.9 Å². The zero-order chi connectivity index (χ0) is 24.6. The number of nitrogens with one attached hydrogen (secondary N) is 1. The maximum Gasteiger partial charge on any atom is 0.320 e. The number of hydrogen-bond acceptors (Lipinski definition) is 7. The van der Waals surface area contributed by atoms with Crippen LogP contribution in [0, 0.1) is 5.92 Å². The summed E-state index contributed by atoms with van der Waals surface area (Å²) in [5, 5.41) is 36.4. The Bertz CT molecular complexity index is 553. The molecule has 0 aromatic rings. The van der Waals surface area contributed by atoms with Gasteiger partial charge in [-0.2, -0.15) is 0 Å². The van der Waals surface area contributed by atoms with Gasteiger partial charge in [0.05, 0.1) is 0 Å². The van der Waals surface area contributed by atoms with Crippen molar-refractivity contribution < 1.29 is 39.6 Å². The molecule has 1 fully saturated rings. The Hall–Kier alpha value is -2.24. The zero-order valence-corrected chi connectivity index (χ0v) is 18.6. The third kappa shape index (κ3) is 17.2. The van der Waals surface area contributed by atoms with Crippen LogP contribution in [0.4, 0.5) is 0 Å². The van der Waals surface area contributed by atoms with Gasteiger partial charge < -0.3 is 37.2 Å². The van der Waals surface area contributed by atoms with Crippen molar-refractivity contribution in [3.8, 4) is 0 Å². The molecule has 0 saturated heterocycles. The number of hydrogen-bond donors (Lipinski definition) is 7. The van der Waals surface area contributed by atoms with Crippen molar-refractivity contribution in [3.05, 3.63) is 0 Å². The molecular weight excluding hydrogens is 410 g/mol. The van der Waals surface area contributed by atoms with E-state index in [-0.39, 0.29) is 18.8 Å². The molecule has 0 spiro atoms. The Morgan fingerprint density at radius 1 is 0.903 bits per heavy atom. The second-order valence-electron chi connectivity index (χ2n) is 7.69. The molecule has 1 aliphatic rings. The van der Waals surface area contributed by atoms with Crippen LogP contribution in [0.5, 0.6) is 0 Å². The van der Waals surface area contributed by atoms with Crippen LogP contribution in [-0.4, -0.2) is 68.5 Å². The molecule has 0 radical (unpaired) electrons. The van der Waals surface area contributed by atoms with Crippen molar-refractivity contribution in [3.63, 3.8) is 0 Å². The smallest absolute Gasteiger partial charge is 0.320 e. The molecule has 1 rings (SSSR count). The van der Waals surface area contributed by atoms with E-state index in [0.717, 1.165) is 19.3 Å². The van der Waals surface area contributed by atoms with Crippen molar-refractivity contribution in [2.45, 2.75) is 96.3 Å². The molecule has 0 aromatic carbocycles. The number of rotatable bonds is 10. The topological polar surface area (TPSA) is 213 Å². The van der Waals surface area contributed by atoms with Crippen LogP contribution >= 0.6 is 0 Å². The number of aliphatic carboxylic acids is 4. The van der Waals surface area contributed by atoms with E-state index in [1.165, 1.54) is 19.3 Å². The SMILES string of the molecule is CC[C@H](C)[C@H](N)C(=O)O.C[C@H](NC1CCCCC1)C(=O)O.N[C@@H](CCC(=O)O)C(=O)O. The normalized spacial score (nSPS) is 17.5. The molecule has 4 atom stereocenters. The second kappa shape index (κ2) is 17.4. The maximum absolute atomic E-state index is 10.5. The van der Waals surface area contributed by atoms with Gasteiger partial charge in [0.1, 0.15) is 18.1 Å². The third-order valence-corrected chi connectivity index (χ3v) is 4.99. The Kier molecular flexibility index (Phi) is 17.4. The minimum atomic E-state index is -1.17. The van der Waals surface area contributed by atoms with Crippen molar-refractivity contribution >= 4 is 23.9 Å². The zero-order valence-electron chi connectivity index (χ0n) is 18.6. The van der Waals surface area contributed by atoms with Gasteiger partial charge in [-0.3, -0.25) is 19.2 Å². The largest absolute Gasteiger partial charge is 0.481 e. The van der Waals surface area contributed by atoms with E-state index in [0.29, 0.717) is 6.04 Å². The van der Waals surface area contributed by atoms with Crippen LogP contribution in [0.1, 0.15) is 72.1 Å². The van der Waals surface area contributed by atoms with Crippen LogP contribution in [0.25, 0.3) is 0 Å². The molecule has 0 aromatic heterocycles. The number of carboxylic acids is 4. The first-order chi connectivity index (χ1) is 14.3. The van der Waals surface area contributed by atoms with Gasteiger partial charge in [0.15, 0.2) is 0 Å². The molecule has 11 nitrogen and oxygen atoms in total. The third-order valence-electron chi connectivity index (χ3n) is 4.99. The summed E-state index contributed by atoms with van der Waals surface area (Å²) in [5.41, 5.74) is 10.3. The summed E-state index contributed by atoms with van der Waals surface area (Å²) in [6, 6.07) is -1.72. The second-order valence-corrected chi connectivity index (χ2v) is 7.69. The summed E-state index contributed by atoms with van der Waals surface area (Å²) in [5.74, 6) is -3.79. The summed E-state index contributed by atoms with van der Waals surface area (Å²) in [6.07, 6.45) is 6.65. The van der Waals surface area contributed by atoms with Crippen LogP contribution < -0.4 is 16.8 Å². The van der Waals surface area contributed by atoms with Crippen LogP contribution in [0.15, 0.2) is 0 Å². The van der Waals surface area contributed by atoms with E-state index in [1.54, 1.807) is 6.92 Å². The molecule has 0 bridgehead atoms. The van der Waals surface area contributed by atoms with Gasteiger partial charge in [-0.1, -0.05) is 39.5 Å². The van der Waals surface area contributed by atoms with Gasteiger partial charge in [-0.05, 0) is 32.1 Å². The molecule has 0 aliphatic heterocycles. The number of carbonyl (C=O) groups is 4. The Balaban J connectivity index is 0. The van der Waals surface area contributed by atoms with E-state index in [2.05, 4.69) is 5.32 Å². The highest BCUT2D eigenvalue weighted by molar-refractivity contribution is 5.74. The lowest BCUT2D eigenvalue weighted by Crippen LogP contribution is -2.42. The molecule has 0 unspecified atom stereocenters. The lowest BCUT2D eigenvalue weighted by Gasteiger charge is -2.24.